The average Bonchev–Trinajstić information content (AvgIpc) is 2.64. The highest BCUT2D eigenvalue weighted by Crippen LogP contribution is 2.32. The van der Waals surface area contributed by atoms with Crippen molar-refractivity contribution < 1.29 is 14.0 Å². The van der Waals surface area contributed by atoms with Crippen LogP contribution in [0.2, 0.25) is 5.02 Å². The van der Waals surface area contributed by atoms with Crippen LogP contribution >= 0.6 is 11.6 Å². The van der Waals surface area contributed by atoms with Gasteiger partial charge >= 0.3 is 0 Å². The number of aliphatic imine (C=N–C) groups is 1. The smallest absolute Gasteiger partial charge is 0.157 e. The molecule has 1 fully saturated rings. The van der Waals surface area contributed by atoms with Gasteiger partial charge in [0, 0.05) is 35.6 Å². The summed E-state index contributed by atoms with van der Waals surface area (Å²) in [5.74, 6) is 0. The molecule has 2 unspecified atom stereocenters. The molecule has 2 aliphatic rings. The lowest BCUT2D eigenvalue weighted by Crippen LogP contribution is -2.42. The fourth-order valence-corrected chi connectivity index (χ4v) is 4.42. The van der Waals surface area contributed by atoms with Crippen molar-refractivity contribution in [2.24, 2.45) is 4.99 Å². The van der Waals surface area contributed by atoms with Crippen molar-refractivity contribution in [3.8, 4) is 0 Å². The molecule has 0 radical (unpaired) electrons. The number of hydrogen-bond acceptors (Lipinski definition) is 5. The molecule has 7 heteroatoms. The van der Waals surface area contributed by atoms with Crippen molar-refractivity contribution in [1.82, 2.24) is 4.72 Å². The van der Waals surface area contributed by atoms with Crippen LogP contribution < -0.4 is 4.72 Å². The first-order chi connectivity index (χ1) is 12.8. The Morgan fingerprint density at radius 1 is 1.33 bits per heavy atom. The van der Waals surface area contributed by atoms with E-state index in [9.17, 15) is 4.55 Å². The zero-order valence-electron chi connectivity index (χ0n) is 16.3. The molecule has 1 aromatic rings. The summed E-state index contributed by atoms with van der Waals surface area (Å²) in [6.07, 6.45) is 5.01. The number of fused-ring (bicyclic) bond motifs is 1. The maximum Gasteiger partial charge on any atom is 0.157 e. The molecule has 0 aromatic heterocycles. The minimum Gasteiger partial charge on any atom is -0.598 e. The van der Waals surface area contributed by atoms with Crippen LogP contribution in [0, 0.1) is 0 Å². The third kappa shape index (κ3) is 5.68. The number of nitrogens with zero attached hydrogens (tertiary/aromatic N) is 1. The zero-order valence-corrected chi connectivity index (χ0v) is 17.9. The molecule has 1 aromatic carbocycles. The average molecular weight is 413 g/mol. The van der Waals surface area contributed by atoms with Crippen LogP contribution in [0.25, 0.3) is 0 Å². The third-order valence-electron chi connectivity index (χ3n) is 4.77. The van der Waals surface area contributed by atoms with Crippen LogP contribution in [0.4, 0.5) is 0 Å². The van der Waals surface area contributed by atoms with Crippen LogP contribution in [0.3, 0.4) is 0 Å². The van der Waals surface area contributed by atoms with E-state index in [1.807, 2.05) is 39.1 Å². The Morgan fingerprint density at radius 3 is 2.78 bits per heavy atom. The van der Waals surface area contributed by atoms with E-state index >= 15 is 0 Å². The van der Waals surface area contributed by atoms with Crippen LogP contribution in [0.15, 0.2) is 17.1 Å². The Morgan fingerprint density at radius 2 is 2.07 bits per heavy atom. The van der Waals surface area contributed by atoms with Gasteiger partial charge in [-0.15, -0.1) is 4.72 Å². The number of ether oxygens (including phenoxy) is 2. The second-order valence-electron chi connectivity index (χ2n) is 8.00. The van der Waals surface area contributed by atoms with Gasteiger partial charge in [0.25, 0.3) is 0 Å². The number of halogens is 1. The normalized spacial score (nSPS) is 20.3. The van der Waals surface area contributed by atoms with Gasteiger partial charge in [-0.05, 0) is 68.9 Å². The standard InChI is InChI=1S/C20H29ClN2O3S/c1-20(2,3)27(24)23-18(5-6-19-25-9-4-10-26-19)17-12-15(21)11-14-13-22-8-7-16(14)17/h11-13,18-19,23H,4-10H2,1-3H3. The van der Waals surface area contributed by atoms with Gasteiger partial charge < -0.3 is 14.0 Å². The van der Waals surface area contributed by atoms with Crippen LogP contribution in [-0.4, -0.2) is 41.6 Å². The summed E-state index contributed by atoms with van der Waals surface area (Å²) >= 11 is 5.20. The number of hydrogen-bond donors (Lipinski definition) is 1. The minimum absolute atomic E-state index is 0.0851. The molecule has 2 heterocycles. The highest BCUT2D eigenvalue weighted by molar-refractivity contribution is 7.90. The lowest BCUT2D eigenvalue weighted by molar-refractivity contribution is -0.182. The van der Waals surface area contributed by atoms with E-state index in [2.05, 4.69) is 9.71 Å². The van der Waals surface area contributed by atoms with E-state index < -0.39 is 11.4 Å². The molecule has 150 valence electrons. The first-order valence-electron chi connectivity index (χ1n) is 9.58. The maximum absolute atomic E-state index is 12.8. The number of nitrogens with one attached hydrogen (secondary N) is 1. The van der Waals surface area contributed by atoms with Gasteiger partial charge in [0.15, 0.2) is 6.29 Å². The fraction of sp³-hybridized carbons (Fsp3) is 0.650. The SMILES string of the molecule is CC(C)(C)[S+]([O-])NC(CCC1OCCCO1)c1cc(Cl)cc2c1CCN=C2. The molecule has 0 amide bonds. The van der Waals surface area contributed by atoms with E-state index in [1.54, 1.807) is 0 Å². The maximum atomic E-state index is 12.8. The highest BCUT2D eigenvalue weighted by atomic mass is 35.5. The van der Waals surface area contributed by atoms with Crippen LogP contribution in [0.1, 0.15) is 62.8 Å². The molecule has 0 saturated carbocycles. The summed E-state index contributed by atoms with van der Waals surface area (Å²) in [6.45, 7) is 8.16. The van der Waals surface area contributed by atoms with Gasteiger partial charge in [-0.2, -0.15) is 0 Å². The molecule has 27 heavy (non-hydrogen) atoms. The molecule has 0 spiro atoms. The Hall–Kier alpha value is -0.630. The number of benzene rings is 1. The van der Waals surface area contributed by atoms with Gasteiger partial charge in [-0.1, -0.05) is 11.6 Å². The van der Waals surface area contributed by atoms with Crippen molar-refractivity contribution in [3.63, 3.8) is 0 Å². The van der Waals surface area contributed by atoms with Crippen molar-refractivity contribution in [2.75, 3.05) is 19.8 Å². The van der Waals surface area contributed by atoms with Gasteiger partial charge in [-0.3, -0.25) is 4.99 Å². The number of rotatable bonds is 6. The van der Waals surface area contributed by atoms with E-state index in [4.69, 9.17) is 21.1 Å². The molecule has 1 N–H and O–H groups in total. The zero-order chi connectivity index (χ0) is 19.4. The van der Waals surface area contributed by atoms with Crippen LogP contribution in [0.5, 0.6) is 0 Å². The Labute approximate surface area is 170 Å². The van der Waals surface area contributed by atoms with Crippen LogP contribution in [-0.2, 0) is 27.3 Å². The topological polar surface area (TPSA) is 65.9 Å². The lowest BCUT2D eigenvalue weighted by Gasteiger charge is -2.31. The van der Waals surface area contributed by atoms with Gasteiger partial charge in [0.1, 0.15) is 4.75 Å². The molecular weight excluding hydrogens is 384 g/mol. The van der Waals surface area contributed by atoms with Crippen molar-refractivity contribution in [1.29, 1.82) is 0 Å². The quantitative estimate of drug-likeness (QED) is 0.718. The molecule has 0 bridgehead atoms. The van der Waals surface area contributed by atoms with Gasteiger partial charge in [-0.25, -0.2) is 0 Å². The minimum atomic E-state index is -1.19. The lowest BCUT2D eigenvalue weighted by atomic mass is 9.91. The molecule has 2 atom stereocenters. The summed E-state index contributed by atoms with van der Waals surface area (Å²) in [5, 5.41) is 0.676. The van der Waals surface area contributed by atoms with Crippen molar-refractivity contribution in [3.05, 3.63) is 33.8 Å². The first kappa shape index (κ1) is 21.1. The molecule has 3 rings (SSSR count). The van der Waals surface area contributed by atoms with E-state index in [1.165, 1.54) is 5.56 Å². The molecule has 1 saturated heterocycles. The summed E-state index contributed by atoms with van der Waals surface area (Å²) in [5.41, 5.74) is 3.41. The van der Waals surface area contributed by atoms with Crippen molar-refractivity contribution in [2.45, 2.75) is 63.5 Å². The summed E-state index contributed by atoms with van der Waals surface area (Å²) < 4.78 is 27.2. The van der Waals surface area contributed by atoms with E-state index in [0.717, 1.165) is 56.6 Å². The predicted octanol–water partition coefficient (Wildman–Crippen LogP) is 3.95. The largest absolute Gasteiger partial charge is 0.598 e. The second kappa shape index (κ2) is 9.25. The monoisotopic (exact) mass is 412 g/mol. The Bertz CT molecular complexity index is 672. The van der Waals surface area contributed by atoms with E-state index in [-0.39, 0.29) is 17.1 Å². The fourth-order valence-electron chi connectivity index (χ4n) is 3.32. The predicted molar refractivity (Wildman–Crippen MR) is 111 cm³/mol. The van der Waals surface area contributed by atoms with Gasteiger partial charge in [0.05, 0.1) is 19.3 Å². The molecular formula is C20H29ClN2O3S. The second-order valence-corrected chi connectivity index (χ2v) is 10.4. The Balaban J connectivity index is 1.84. The van der Waals surface area contributed by atoms with E-state index in [0.29, 0.717) is 5.02 Å². The summed E-state index contributed by atoms with van der Waals surface area (Å²) in [6, 6.07) is 3.87. The van der Waals surface area contributed by atoms with Crippen molar-refractivity contribution >= 4 is 29.2 Å². The molecule has 5 nitrogen and oxygen atoms in total. The molecule has 2 aliphatic heterocycles. The molecule has 0 aliphatic carbocycles. The summed E-state index contributed by atoms with van der Waals surface area (Å²) in [7, 11) is 0. The van der Waals surface area contributed by atoms with Gasteiger partial charge in [0.2, 0.25) is 0 Å². The third-order valence-corrected chi connectivity index (χ3v) is 6.60. The first-order valence-corrected chi connectivity index (χ1v) is 11.1. The summed E-state index contributed by atoms with van der Waals surface area (Å²) in [4.78, 5) is 4.38. The Kier molecular flexibility index (Phi) is 7.22. The highest BCUT2D eigenvalue weighted by Gasteiger charge is 2.32.